The van der Waals surface area contributed by atoms with Crippen LogP contribution in [0.15, 0.2) is 48.5 Å². The Morgan fingerprint density at radius 2 is 1.88 bits per heavy atom. The van der Waals surface area contributed by atoms with Crippen LogP contribution in [0.5, 0.6) is 5.75 Å². The molecule has 0 fully saturated rings. The number of carbonyl (C=O) groups is 1. The van der Waals surface area contributed by atoms with Crippen LogP contribution < -0.4 is 14.4 Å². The van der Waals surface area contributed by atoms with Crippen LogP contribution in [0.3, 0.4) is 0 Å². The van der Waals surface area contributed by atoms with E-state index in [9.17, 15) is 13.2 Å². The fourth-order valence-corrected chi connectivity index (χ4v) is 2.87. The average molecular weight is 376 g/mol. The van der Waals surface area contributed by atoms with Crippen molar-refractivity contribution in [1.82, 2.24) is 0 Å². The van der Waals surface area contributed by atoms with Crippen LogP contribution in [0.1, 0.15) is 18.9 Å². The molecule has 7 heteroatoms. The number of anilines is 2. The maximum Gasteiger partial charge on any atom is 0.265 e. The number of hydrogen-bond donors (Lipinski definition) is 1. The largest absolute Gasteiger partial charge is 0.481 e. The third kappa shape index (κ3) is 5.23. The van der Waals surface area contributed by atoms with E-state index in [-0.39, 0.29) is 5.91 Å². The van der Waals surface area contributed by atoms with Crippen molar-refractivity contribution in [3.8, 4) is 5.75 Å². The first-order chi connectivity index (χ1) is 12.2. The summed E-state index contributed by atoms with van der Waals surface area (Å²) in [5.74, 6) is 0.353. The second-order valence-electron chi connectivity index (χ2n) is 6.10. The first-order valence-electron chi connectivity index (χ1n) is 8.29. The van der Waals surface area contributed by atoms with E-state index in [0.717, 1.165) is 16.1 Å². The van der Waals surface area contributed by atoms with Gasteiger partial charge < -0.3 is 10.1 Å². The second kappa shape index (κ2) is 8.23. The van der Waals surface area contributed by atoms with Crippen LogP contribution in [0.2, 0.25) is 0 Å². The first kappa shape index (κ1) is 19.8. The van der Waals surface area contributed by atoms with Crippen LogP contribution in [0.25, 0.3) is 0 Å². The molecule has 0 saturated carbocycles. The molecule has 0 heterocycles. The highest BCUT2D eigenvalue weighted by molar-refractivity contribution is 7.92. The molecule has 26 heavy (non-hydrogen) atoms. The number of rotatable bonds is 7. The van der Waals surface area contributed by atoms with E-state index in [1.54, 1.807) is 24.3 Å². The van der Waals surface area contributed by atoms with E-state index in [1.807, 2.05) is 38.1 Å². The van der Waals surface area contributed by atoms with Gasteiger partial charge in [-0.3, -0.25) is 9.10 Å². The first-order valence-corrected chi connectivity index (χ1v) is 10.1. The Kier molecular flexibility index (Phi) is 6.26. The summed E-state index contributed by atoms with van der Waals surface area (Å²) in [6, 6.07) is 14.2. The molecular formula is C19H24N2O4S. The molecule has 1 amide bonds. The Morgan fingerprint density at radius 1 is 1.19 bits per heavy atom. The maximum absolute atomic E-state index is 12.5. The number of hydrogen-bond acceptors (Lipinski definition) is 4. The number of nitrogens with one attached hydrogen (secondary N) is 1. The van der Waals surface area contributed by atoms with Crippen LogP contribution >= 0.6 is 0 Å². The van der Waals surface area contributed by atoms with E-state index >= 15 is 0 Å². The summed E-state index contributed by atoms with van der Waals surface area (Å²) in [7, 11) is -1.91. The van der Waals surface area contributed by atoms with Crippen LogP contribution in [-0.4, -0.2) is 33.7 Å². The average Bonchev–Trinajstić information content (AvgIpc) is 2.58. The molecule has 1 atom stereocenters. The van der Waals surface area contributed by atoms with Crippen molar-refractivity contribution in [2.24, 2.45) is 0 Å². The Labute approximate surface area is 154 Å². The number of carbonyl (C=O) groups excluding carboxylic acids is 1. The predicted octanol–water partition coefficient (Wildman–Crippen LogP) is 3.19. The molecule has 0 bridgehead atoms. The molecule has 1 N–H and O–H groups in total. The lowest BCUT2D eigenvalue weighted by molar-refractivity contribution is -0.122. The van der Waals surface area contributed by atoms with E-state index < -0.39 is 16.1 Å². The zero-order valence-electron chi connectivity index (χ0n) is 15.4. The van der Waals surface area contributed by atoms with E-state index in [0.29, 0.717) is 23.5 Å². The second-order valence-corrected chi connectivity index (χ2v) is 8.12. The molecule has 0 unspecified atom stereocenters. The SMILES string of the molecule is CC[C@H](Oc1cccc(C)c1)C(=O)Nc1cccc(N(C)S(C)(=O)=O)c1. The summed E-state index contributed by atoms with van der Waals surface area (Å²) in [6.45, 7) is 3.82. The van der Waals surface area contributed by atoms with Crippen molar-refractivity contribution in [2.45, 2.75) is 26.4 Å². The van der Waals surface area contributed by atoms with Gasteiger partial charge in [-0.05, 0) is 49.2 Å². The molecule has 0 aliphatic rings. The van der Waals surface area contributed by atoms with E-state index in [4.69, 9.17) is 4.74 Å². The molecular weight excluding hydrogens is 352 g/mol. The normalized spacial score (nSPS) is 12.3. The molecule has 0 spiro atoms. The Morgan fingerprint density at radius 3 is 2.50 bits per heavy atom. The summed E-state index contributed by atoms with van der Waals surface area (Å²) in [4.78, 5) is 12.5. The number of ether oxygens (including phenoxy) is 1. The number of benzene rings is 2. The maximum atomic E-state index is 12.5. The van der Waals surface area contributed by atoms with Gasteiger partial charge in [-0.2, -0.15) is 0 Å². The lowest BCUT2D eigenvalue weighted by Crippen LogP contribution is -2.32. The molecule has 0 aliphatic carbocycles. The highest BCUT2D eigenvalue weighted by Crippen LogP contribution is 2.21. The van der Waals surface area contributed by atoms with Crippen molar-refractivity contribution in [3.63, 3.8) is 0 Å². The fourth-order valence-electron chi connectivity index (χ4n) is 2.37. The summed E-state index contributed by atoms with van der Waals surface area (Å²) in [6.07, 6.45) is 0.983. The van der Waals surface area contributed by atoms with Gasteiger partial charge in [-0.1, -0.05) is 25.1 Å². The number of nitrogens with zero attached hydrogens (tertiary/aromatic N) is 1. The van der Waals surface area contributed by atoms with E-state index in [2.05, 4.69) is 5.32 Å². The minimum atomic E-state index is -3.37. The topological polar surface area (TPSA) is 75.7 Å². The molecule has 0 saturated heterocycles. The third-order valence-electron chi connectivity index (χ3n) is 3.91. The quantitative estimate of drug-likeness (QED) is 0.805. The van der Waals surface area contributed by atoms with Crippen molar-refractivity contribution < 1.29 is 17.9 Å². The molecule has 0 radical (unpaired) electrons. The van der Waals surface area contributed by atoms with Crippen LogP contribution in [0, 0.1) is 6.92 Å². The van der Waals surface area contributed by atoms with Gasteiger partial charge in [-0.15, -0.1) is 0 Å². The van der Waals surface area contributed by atoms with Gasteiger partial charge in [0.25, 0.3) is 5.91 Å². The lowest BCUT2D eigenvalue weighted by Gasteiger charge is -2.19. The van der Waals surface area contributed by atoms with Gasteiger partial charge in [0.2, 0.25) is 10.0 Å². The predicted molar refractivity (Wildman–Crippen MR) is 104 cm³/mol. The van der Waals surface area contributed by atoms with Gasteiger partial charge >= 0.3 is 0 Å². The number of aryl methyl sites for hydroxylation is 1. The zero-order valence-corrected chi connectivity index (χ0v) is 16.2. The van der Waals surface area contributed by atoms with Crippen molar-refractivity contribution in [1.29, 1.82) is 0 Å². The van der Waals surface area contributed by atoms with Crippen LogP contribution in [0.4, 0.5) is 11.4 Å². The molecule has 0 aliphatic heterocycles. The summed E-state index contributed by atoms with van der Waals surface area (Å²) in [5, 5.41) is 2.79. The molecule has 0 aromatic heterocycles. The van der Waals surface area contributed by atoms with E-state index in [1.165, 1.54) is 7.05 Å². The van der Waals surface area contributed by atoms with Crippen molar-refractivity contribution >= 4 is 27.3 Å². The molecule has 140 valence electrons. The molecule has 2 aromatic carbocycles. The highest BCUT2D eigenvalue weighted by Gasteiger charge is 2.19. The van der Waals surface area contributed by atoms with Gasteiger partial charge in [-0.25, -0.2) is 8.42 Å². The van der Waals surface area contributed by atoms with Gasteiger partial charge in [0.15, 0.2) is 6.10 Å². The fraction of sp³-hybridized carbons (Fsp3) is 0.316. The van der Waals surface area contributed by atoms with Gasteiger partial charge in [0.1, 0.15) is 5.75 Å². The minimum absolute atomic E-state index is 0.284. The standard InChI is InChI=1S/C19H24N2O4S/c1-5-18(25-17-11-6-8-14(2)12-17)19(22)20-15-9-7-10-16(13-15)21(3)26(4,23)24/h6-13,18H,5H2,1-4H3,(H,20,22)/t18-/m0/s1. The van der Waals surface area contributed by atoms with Crippen molar-refractivity contribution in [3.05, 3.63) is 54.1 Å². The minimum Gasteiger partial charge on any atom is -0.481 e. The summed E-state index contributed by atoms with van der Waals surface area (Å²) < 4.78 is 30.3. The monoisotopic (exact) mass is 376 g/mol. The summed E-state index contributed by atoms with van der Waals surface area (Å²) >= 11 is 0. The Bertz CT molecular complexity index is 881. The molecule has 2 rings (SSSR count). The highest BCUT2D eigenvalue weighted by atomic mass is 32.2. The molecule has 2 aromatic rings. The van der Waals surface area contributed by atoms with Crippen molar-refractivity contribution in [2.75, 3.05) is 22.9 Å². The third-order valence-corrected chi connectivity index (χ3v) is 5.11. The van der Waals surface area contributed by atoms with Crippen LogP contribution in [-0.2, 0) is 14.8 Å². The Hall–Kier alpha value is -2.54. The smallest absolute Gasteiger partial charge is 0.265 e. The lowest BCUT2D eigenvalue weighted by atomic mass is 10.2. The molecule has 6 nitrogen and oxygen atoms in total. The van der Waals surface area contributed by atoms with Gasteiger partial charge in [0.05, 0.1) is 11.9 Å². The Balaban J connectivity index is 2.12. The summed E-state index contributed by atoms with van der Waals surface area (Å²) in [5.41, 5.74) is 2.03. The number of amides is 1. The number of sulfonamides is 1. The van der Waals surface area contributed by atoms with Gasteiger partial charge in [0, 0.05) is 12.7 Å². The zero-order chi connectivity index (χ0) is 19.3.